The molecule has 4 heterocycles. The van der Waals surface area contributed by atoms with Crippen LogP contribution in [0.25, 0.3) is 10.2 Å². The summed E-state index contributed by atoms with van der Waals surface area (Å²) in [6.07, 6.45) is 1.68. The van der Waals surface area contributed by atoms with Gasteiger partial charge in [0.05, 0.1) is 28.3 Å². The molecule has 0 radical (unpaired) electrons. The minimum absolute atomic E-state index is 0.00295. The zero-order valence-corrected chi connectivity index (χ0v) is 27.7. The zero-order valence-electron chi connectivity index (χ0n) is 26.9. The Labute approximate surface area is 280 Å². The van der Waals surface area contributed by atoms with Crippen molar-refractivity contribution in [3.8, 4) is 0 Å². The minimum atomic E-state index is -0.737. The maximum atomic E-state index is 14.2. The highest BCUT2D eigenvalue weighted by Crippen LogP contribution is 2.25. The summed E-state index contributed by atoms with van der Waals surface area (Å²) >= 11 is 1.41. The number of rotatable bonds is 4. The normalized spacial score (nSPS) is 19.4. The number of nitrogens with one attached hydrogen (secondary N) is 3. The highest BCUT2D eigenvalue weighted by atomic mass is 32.1. The van der Waals surface area contributed by atoms with Crippen molar-refractivity contribution in [3.05, 3.63) is 100 Å². The van der Waals surface area contributed by atoms with E-state index in [1.807, 2.05) is 44.2 Å². The Hall–Kier alpha value is -5.37. The third-order valence-corrected chi connectivity index (χ3v) is 8.74. The topological polar surface area (TPSA) is 173 Å². The molecule has 14 heteroatoms. The lowest BCUT2D eigenvalue weighted by Crippen LogP contribution is -2.46. The zero-order chi connectivity index (χ0) is 33.9. The van der Waals surface area contributed by atoms with Crippen LogP contribution in [-0.4, -0.2) is 56.6 Å². The van der Waals surface area contributed by atoms with Gasteiger partial charge < -0.3 is 29.7 Å². The number of carbonyl (C=O) groups is 4. The molecule has 3 aromatic heterocycles. The van der Waals surface area contributed by atoms with E-state index >= 15 is 0 Å². The largest absolute Gasteiger partial charge is 0.446 e. The van der Waals surface area contributed by atoms with Gasteiger partial charge in [-0.3, -0.25) is 19.2 Å². The molecule has 0 fully saturated rings. The van der Waals surface area contributed by atoms with E-state index in [4.69, 9.17) is 8.83 Å². The van der Waals surface area contributed by atoms with Gasteiger partial charge in [0, 0.05) is 12.1 Å². The molecule has 4 amide bonds. The summed E-state index contributed by atoms with van der Waals surface area (Å²) < 4.78 is 12.3. The monoisotopic (exact) mass is 669 g/mol. The molecule has 0 aliphatic carbocycles. The van der Waals surface area contributed by atoms with Crippen LogP contribution >= 0.6 is 11.3 Å². The third kappa shape index (κ3) is 7.13. The number of hydrogen-bond acceptors (Lipinski definition) is 10. The molecule has 48 heavy (non-hydrogen) atoms. The summed E-state index contributed by atoms with van der Waals surface area (Å²) in [5.41, 5.74) is 3.57. The van der Waals surface area contributed by atoms with Gasteiger partial charge in [-0.2, -0.15) is 0 Å². The van der Waals surface area contributed by atoms with Crippen LogP contribution in [0.15, 0.2) is 69.1 Å². The average molecular weight is 670 g/mol. The first-order valence-electron chi connectivity index (χ1n) is 15.6. The highest BCUT2D eigenvalue weighted by Gasteiger charge is 2.31. The Morgan fingerprint density at radius 3 is 2.58 bits per heavy atom. The van der Waals surface area contributed by atoms with E-state index < -0.39 is 41.8 Å². The second-order valence-corrected chi connectivity index (χ2v) is 13.0. The van der Waals surface area contributed by atoms with E-state index in [1.165, 1.54) is 22.5 Å². The summed E-state index contributed by atoms with van der Waals surface area (Å²) in [5, 5.41) is 8.74. The maximum absolute atomic E-state index is 14.2. The number of carbonyl (C=O) groups excluding carboxylic acids is 4. The number of oxazole rings is 2. The Kier molecular flexibility index (Phi) is 9.35. The number of aromatic nitrogens is 3. The summed E-state index contributed by atoms with van der Waals surface area (Å²) in [5.74, 6) is -1.30. The van der Waals surface area contributed by atoms with E-state index in [0.717, 1.165) is 10.2 Å². The summed E-state index contributed by atoms with van der Waals surface area (Å²) in [4.78, 5) is 69.3. The number of aryl methyl sites for hydroxylation is 1. The summed E-state index contributed by atoms with van der Waals surface area (Å²) in [7, 11) is 0. The van der Waals surface area contributed by atoms with E-state index in [2.05, 4.69) is 30.9 Å². The first-order valence-corrected chi connectivity index (χ1v) is 16.4. The molecule has 3 N–H and O–H groups in total. The second-order valence-electron chi connectivity index (χ2n) is 12.1. The molecule has 0 spiro atoms. The van der Waals surface area contributed by atoms with Gasteiger partial charge in [-0.1, -0.05) is 44.2 Å². The van der Waals surface area contributed by atoms with E-state index in [-0.39, 0.29) is 47.9 Å². The van der Waals surface area contributed by atoms with Crippen molar-refractivity contribution >= 4 is 45.2 Å². The first kappa shape index (κ1) is 32.6. The fourth-order valence-electron chi connectivity index (χ4n) is 5.56. The molecule has 6 rings (SSSR count). The van der Waals surface area contributed by atoms with Crippen LogP contribution in [0, 0.1) is 12.8 Å². The van der Waals surface area contributed by atoms with Crippen molar-refractivity contribution in [1.29, 1.82) is 0 Å². The van der Waals surface area contributed by atoms with Gasteiger partial charge in [-0.05, 0) is 49.9 Å². The Bertz CT molecular complexity index is 1970. The van der Waals surface area contributed by atoms with Crippen LogP contribution in [0.4, 0.5) is 0 Å². The molecule has 248 valence electrons. The van der Waals surface area contributed by atoms with Gasteiger partial charge in [0.15, 0.2) is 11.4 Å². The standard InChI is InChI=1S/C34H35N7O6S/c1-18(2)12-24-33-39-26(16-46-33)30(43)36-19(3)32-40-29(20(4)47-32)31(44)38-25(21-8-6-5-7-9-21)14-41(15-28(42)37-24)34(45)22-10-11-23-27(13-22)48-17-35-23/h5-11,13,16-19,24-25H,12,14-15H2,1-4H3,(H,36,43)(H,37,42)(H,38,44)/t19-,24+,25+/m0/s1. The number of fused-ring (bicyclic) bond motifs is 5. The second kappa shape index (κ2) is 13.8. The molecule has 2 aromatic carbocycles. The summed E-state index contributed by atoms with van der Waals surface area (Å²) in [6.45, 7) is 6.87. The molecule has 13 nitrogen and oxygen atoms in total. The van der Waals surface area contributed by atoms with Gasteiger partial charge in [-0.25, -0.2) is 15.0 Å². The van der Waals surface area contributed by atoms with E-state index in [9.17, 15) is 19.2 Å². The smallest absolute Gasteiger partial charge is 0.274 e. The fourth-order valence-corrected chi connectivity index (χ4v) is 6.28. The van der Waals surface area contributed by atoms with Crippen molar-refractivity contribution in [1.82, 2.24) is 35.8 Å². The van der Waals surface area contributed by atoms with Gasteiger partial charge in [0.2, 0.25) is 17.7 Å². The Morgan fingerprint density at radius 1 is 1.02 bits per heavy atom. The van der Waals surface area contributed by atoms with Gasteiger partial charge in [0.25, 0.3) is 17.7 Å². The maximum Gasteiger partial charge on any atom is 0.274 e. The SMILES string of the molecule is Cc1oc2nc1C(=O)N[C@@H](c1ccccc1)CN(C(=O)c1ccc3ncsc3c1)CC(=O)N[C@H](CC(C)C)c1nc(co1)C(=O)N[C@H]2C. The van der Waals surface area contributed by atoms with Crippen LogP contribution in [-0.2, 0) is 4.79 Å². The molecule has 0 saturated carbocycles. The quantitative estimate of drug-likeness (QED) is 0.241. The molecule has 0 saturated heterocycles. The van der Waals surface area contributed by atoms with E-state index in [1.54, 1.807) is 37.6 Å². The molecule has 3 atom stereocenters. The van der Waals surface area contributed by atoms with Crippen molar-refractivity contribution in [2.75, 3.05) is 13.1 Å². The Balaban J connectivity index is 1.42. The van der Waals surface area contributed by atoms with Crippen molar-refractivity contribution < 1.29 is 28.0 Å². The summed E-state index contributed by atoms with van der Waals surface area (Å²) in [6, 6.07) is 12.2. The van der Waals surface area contributed by atoms with Gasteiger partial charge in [0.1, 0.15) is 24.1 Å². The van der Waals surface area contributed by atoms with Crippen molar-refractivity contribution in [2.24, 2.45) is 5.92 Å². The van der Waals surface area contributed by atoms with Gasteiger partial charge >= 0.3 is 0 Å². The third-order valence-electron chi connectivity index (χ3n) is 7.95. The molecular weight excluding hydrogens is 634 g/mol. The highest BCUT2D eigenvalue weighted by molar-refractivity contribution is 7.16. The van der Waals surface area contributed by atoms with Crippen LogP contribution < -0.4 is 16.0 Å². The van der Waals surface area contributed by atoms with Crippen molar-refractivity contribution in [2.45, 2.75) is 52.2 Å². The lowest BCUT2D eigenvalue weighted by molar-refractivity contribution is -0.122. The number of hydrogen-bond donors (Lipinski definition) is 3. The molecule has 0 unspecified atom stereocenters. The lowest BCUT2D eigenvalue weighted by atomic mass is 10.0. The van der Waals surface area contributed by atoms with Crippen LogP contribution in [0.3, 0.4) is 0 Å². The number of benzene rings is 2. The van der Waals surface area contributed by atoms with E-state index in [0.29, 0.717) is 17.5 Å². The fraction of sp³-hybridized carbons (Fsp3) is 0.324. The predicted molar refractivity (Wildman–Crippen MR) is 176 cm³/mol. The van der Waals surface area contributed by atoms with Crippen LogP contribution in [0.2, 0.25) is 0 Å². The average Bonchev–Trinajstić information content (AvgIpc) is 3.83. The molecule has 1 aliphatic heterocycles. The number of nitrogens with zero attached hydrogens (tertiary/aromatic N) is 4. The molecule has 1 aliphatic rings. The van der Waals surface area contributed by atoms with Crippen LogP contribution in [0.1, 0.15) is 99.8 Å². The lowest BCUT2D eigenvalue weighted by Gasteiger charge is -2.29. The van der Waals surface area contributed by atoms with Crippen LogP contribution in [0.5, 0.6) is 0 Å². The molecule has 5 aromatic rings. The number of amides is 4. The van der Waals surface area contributed by atoms with Crippen molar-refractivity contribution in [3.63, 3.8) is 0 Å². The molecular formula is C34H35N7O6S. The Morgan fingerprint density at radius 2 is 1.81 bits per heavy atom. The molecule has 4 bridgehead atoms. The minimum Gasteiger partial charge on any atom is -0.446 e. The predicted octanol–water partition coefficient (Wildman–Crippen LogP) is 4.90. The number of thiazole rings is 1. The first-order chi connectivity index (χ1) is 23.0. The van der Waals surface area contributed by atoms with Gasteiger partial charge in [-0.15, -0.1) is 11.3 Å².